The monoisotopic (exact) mass is 360 g/mol. The third-order valence-corrected chi connectivity index (χ3v) is 3.63. The molecule has 0 spiro atoms. The van der Waals surface area contributed by atoms with Gasteiger partial charge in [0.1, 0.15) is 5.69 Å². The first-order valence-corrected chi connectivity index (χ1v) is 7.57. The molecular formula is C16H13BrN2O3. The van der Waals surface area contributed by atoms with Crippen molar-refractivity contribution in [3.63, 3.8) is 0 Å². The van der Waals surface area contributed by atoms with E-state index in [0.717, 1.165) is 12.0 Å². The average Bonchev–Trinajstić information content (AvgIpc) is 3.16. The van der Waals surface area contributed by atoms with Gasteiger partial charge in [0.15, 0.2) is 10.4 Å². The summed E-state index contributed by atoms with van der Waals surface area (Å²) in [5, 5.41) is 6.57. The highest BCUT2D eigenvalue weighted by Crippen LogP contribution is 2.23. The van der Waals surface area contributed by atoms with Crippen molar-refractivity contribution in [3.8, 4) is 11.3 Å². The number of nitrogens with one attached hydrogen (secondary N) is 1. The van der Waals surface area contributed by atoms with Gasteiger partial charge in [-0.2, -0.15) is 0 Å². The van der Waals surface area contributed by atoms with Crippen LogP contribution in [0.1, 0.15) is 23.0 Å². The van der Waals surface area contributed by atoms with Gasteiger partial charge in [-0.25, -0.2) is 0 Å². The van der Waals surface area contributed by atoms with E-state index in [0.29, 0.717) is 10.4 Å². The fourth-order valence-corrected chi connectivity index (χ4v) is 2.30. The van der Waals surface area contributed by atoms with Crippen LogP contribution < -0.4 is 5.32 Å². The molecule has 0 unspecified atom stereocenters. The van der Waals surface area contributed by atoms with Crippen molar-refractivity contribution in [2.75, 3.05) is 5.32 Å². The summed E-state index contributed by atoms with van der Waals surface area (Å²) in [6.45, 7) is 2.10. The second kappa shape index (κ2) is 6.19. The third-order valence-electron chi connectivity index (χ3n) is 3.20. The maximum Gasteiger partial charge on any atom is 0.293 e. The minimum atomic E-state index is -0.394. The highest BCUT2D eigenvalue weighted by molar-refractivity contribution is 9.10. The summed E-state index contributed by atoms with van der Waals surface area (Å²) in [5.41, 5.74) is 2.85. The molecule has 22 heavy (non-hydrogen) atoms. The van der Waals surface area contributed by atoms with Gasteiger partial charge in [0, 0.05) is 11.6 Å². The third kappa shape index (κ3) is 3.12. The molecule has 2 heterocycles. The normalized spacial score (nSPS) is 10.6. The lowest BCUT2D eigenvalue weighted by Gasteiger charge is -1.98. The molecule has 0 aliphatic rings. The second-order valence-corrected chi connectivity index (χ2v) is 5.47. The molecular weight excluding hydrogens is 348 g/mol. The second-order valence-electron chi connectivity index (χ2n) is 4.68. The van der Waals surface area contributed by atoms with Crippen LogP contribution in [-0.2, 0) is 6.42 Å². The number of carbonyl (C=O) groups excluding carboxylic acids is 1. The first-order chi connectivity index (χ1) is 10.7. The summed E-state index contributed by atoms with van der Waals surface area (Å²) in [6, 6.07) is 12.9. The number of amides is 1. The Labute approximate surface area is 135 Å². The predicted octanol–water partition coefficient (Wildman–Crippen LogP) is 4.51. The van der Waals surface area contributed by atoms with Crippen LogP contribution in [-0.4, -0.2) is 11.1 Å². The van der Waals surface area contributed by atoms with Crippen LogP contribution in [0.5, 0.6) is 0 Å². The number of hydrogen-bond acceptors (Lipinski definition) is 4. The molecule has 3 aromatic rings. The number of aryl methyl sites for hydroxylation is 1. The zero-order valence-electron chi connectivity index (χ0n) is 11.8. The quantitative estimate of drug-likeness (QED) is 0.742. The lowest BCUT2D eigenvalue weighted by molar-refractivity contribution is 0.0992. The molecule has 5 nitrogen and oxygen atoms in total. The molecule has 0 saturated carbocycles. The van der Waals surface area contributed by atoms with Crippen molar-refractivity contribution in [2.45, 2.75) is 13.3 Å². The highest BCUT2D eigenvalue weighted by atomic mass is 79.9. The molecule has 112 valence electrons. The molecule has 0 radical (unpaired) electrons. The standard InChI is InChI=1S/C16H13BrN2O3/c1-2-10-3-5-11(6-4-10)12-9-15(22-19-12)18-16(20)13-7-8-14(17)21-13/h3-9H,2H2,1H3,(H,18,20). The van der Waals surface area contributed by atoms with Crippen molar-refractivity contribution in [2.24, 2.45) is 0 Å². The Bertz CT molecular complexity index is 790. The number of aromatic nitrogens is 1. The van der Waals surface area contributed by atoms with E-state index in [1.807, 2.05) is 24.3 Å². The van der Waals surface area contributed by atoms with E-state index in [1.165, 1.54) is 5.56 Å². The van der Waals surface area contributed by atoms with E-state index in [9.17, 15) is 4.79 Å². The van der Waals surface area contributed by atoms with E-state index in [2.05, 4.69) is 33.3 Å². The maximum atomic E-state index is 11.9. The van der Waals surface area contributed by atoms with Gasteiger partial charge in [0.05, 0.1) is 0 Å². The van der Waals surface area contributed by atoms with Crippen LogP contribution in [0.3, 0.4) is 0 Å². The largest absolute Gasteiger partial charge is 0.444 e. The number of halogens is 1. The molecule has 2 aromatic heterocycles. The molecule has 1 aromatic carbocycles. The lowest BCUT2D eigenvalue weighted by Crippen LogP contribution is -2.09. The van der Waals surface area contributed by atoms with Gasteiger partial charge < -0.3 is 8.94 Å². The van der Waals surface area contributed by atoms with Crippen LogP contribution >= 0.6 is 15.9 Å². The molecule has 0 aliphatic heterocycles. The van der Waals surface area contributed by atoms with Crippen molar-refractivity contribution >= 4 is 27.7 Å². The number of hydrogen-bond donors (Lipinski definition) is 1. The first-order valence-electron chi connectivity index (χ1n) is 6.78. The summed E-state index contributed by atoms with van der Waals surface area (Å²) >= 11 is 3.15. The fourth-order valence-electron chi connectivity index (χ4n) is 1.99. The minimum Gasteiger partial charge on any atom is -0.444 e. The Morgan fingerprint density at radius 1 is 1.23 bits per heavy atom. The van der Waals surface area contributed by atoms with Crippen LogP contribution in [0.4, 0.5) is 5.88 Å². The topological polar surface area (TPSA) is 68.3 Å². The average molecular weight is 361 g/mol. The molecule has 0 atom stereocenters. The van der Waals surface area contributed by atoms with Crippen molar-refractivity contribution in [3.05, 3.63) is 58.5 Å². The summed E-state index contributed by atoms with van der Waals surface area (Å²) in [5.74, 6) is 0.0685. The van der Waals surface area contributed by atoms with E-state index >= 15 is 0 Å². The van der Waals surface area contributed by atoms with Crippen molar-refractivity contribution < 1.29 is 13.7 Å². The molecule has 6 heteroatoms. The molecule has 1 amide bonds. The van der Waals surface area contributed by atoms with Gasteiger partial charge in [-0.3, -0.25) is 10.1 Å². The number of carbonyl (C=O) groups is 1. The number of anilines is 1. The van der Waals surface area contributed by atoms with Crippen LogP contribution in [0.2, 0.25) is 0 Å². The molecule has 0 aliphatic carbocycles. The molecule has 1 N–H and O–H groups in total. The van der Waals surface area contributed by atoms with Gasteiger partial charge in [0.2, 0.25) is 5.88 Å². The zero-order valence-corrected chi connectivity index (χ0v) is 13.4. The molecule has 0 bridgehead atoms. The Balaban J connectivity index is 1.74. The summed E-state index contributed by atoms with van der Waals surface area (Å²) in [7, 11) is 0. The highest BCUT2D eigenvalue weighted by Gasteiger charge is 2.14. The Morgan fingerprint density at radius 3 is 2.64 bits per heavy atom. The van der Waals surface area contributed by atoms with E-state index < -0.39 is 5.91 Å². The summed E-state index contributed by atoms with van der Waals surface area (Å²) in [6.07, 6.45) is 0.985. The summed E-state index contributed by atoms with van der Waals surface area (Å²) < 4.78 is 10.8. The summed E-state index contributed by atoms with van der Waals surface area (Å²) in [4.78, 5) is 11.9. The smallest absolute Gasteiger partial charge is 0.293 e. The van der Waals surface area contributed by atoms with Crippen molar-refractivity contribution in [1.29, 1.82) is 0 Å². The van der Waals surface area contributed by atoms with Crippen LogP contribution in [0.25, 0.3) is 11.3 Å². The Kier molecular flexibility index (Phi) is 4.11. The molecule has 3 rings (SSSR count). The Hall–Kier alpha value is -2.34. The predicted molar refractivity (Wildman–Crippen MR) is 85.7 cm³/mol. The lowest BCUT2D eigenvalue weighted by atomic mass is 10.1. The van der Waals surface area contributed by atoms with Gasteiger partial charge in [-0.15, -0.1) is 0 Å². The number of furan rings is 1. The Morgan fingerprint density at radius 2 is 2.00 bits per heavy atom. The van der Waals surface area contributed by atoms with Gasteiger partial charge in [0.25, 0.3) is 5.91 Å². The van der Waals surface area contributed by atoms with Crippen LogP contribution in [0, 0.1) is 0 Å². The number of rotatable bonds is 4. The van der Waals surface area contributed by atoms with Gasteiger partial charge in [-0.05, 0) is 40.0 Å². The van der Waals surface area contributed by atoms with E-state index in [-0.39, 0.29) is 11.6 Å². The fraction of sp³-hybridized carbons (Fsp3) is 0.125. The SMILES string of the molecule is CCc1ccc(-c2cc(NC(=O)c3ccc(Br)o3)on2)cc1. The zero-order chi connectivity index (χ0) is 15.5. The van der Waals surface area contributed by atoms with Gasteiger partial charge >= 0.3 is 0 Å². The molecule has 0 fully saturated rings. The molecule has 0 saturated heterocycles. The number of benzene rings is 1. The first kappa shape index (κ1) is 14.6. The number of nitrogens with zero attached hydrogens (tertiary/aromatic N) is 1. The maximum absolute atomic E-state index is 11.9. The van der Waals surface area contributed by atoms with E-state index in [1.54, 1.807) is 18.2 Å². The van der Waals surface area contributed by atoms with Crippen LogP contribution in [0.15, 0.2) is 56.1 Å². The van der Waals surface area contributed by atoms with Gasteiger partial charge in [-0.1, -0.05) is 36.3 Å². The van der Waals surface area contributed by atoms with E-state index in [4.69, 9.17) is 8.94 Å². The van der Waals surface area contributed by atoms with Crippen molar-refractivity contribution in [1.82, 2.24) is 5.16 Å². The minimum absolute atomic E-state index is 0.192.